The van der Waals surface area contributed by atoms with Crippen molar-refractivity contribution in [1.82, 2.24) is 24.5 Å². The lowest BCUT2D eigenvalue weighted by Crippen LogP contribution is -2.44. The van der Waals surface area contributed by atoms with E-state index in [0.29, 0.717) is 32.4 Å². The molecule has 146 valence electrons. The van der Waals surface area contributed by atoms with E-state index in [-0.39, 0.29) is 11.8 Å². The third-order valence-electron chi connectivity index (χ3n) is 5.83. The average molecular weight is 388 g/mol. The van der Waals surface area contributed by atoms with Crippen LogP contribution in [0.4, 0.5) is 5.82 Å². The Morgan fingerprint density at radius 3 is 2.66 bits per heavy atom. The van der Waals surface area contributed by atoms with Crippen molar-refractivity contribution >= 4 is 23.3 Å². The molecule has 0 radical (unpaired) electrons. The van der Waals surface area contributed by atoms with Gasteiger partial charge < -0.3 is 4.90 Å². The molecule has 2 fully saturated rings. The SMILES string of the molecule is Cn1cc(C#Cc2cnc3cccc(N4CCC5(CC4)CC(=O)NC5=O)n23)cn1. The van der Waals surface area contributed by atoms with E-state index in [4.69, 9.17) is 0 Å². The maximum atomic E-state index is 12.3. The minimum Gasteiger partial charge on any atom is -0.358 e. The fourth-order valence-corrected chi connectivity index (χ4v) is 4.23. The number of imidazole rings is 1. The topological polar surface area (TPSA) is 84.5 Å². The van der Waals surface area contributed by atoms with Crippen molar-refractivity contribution in [2.24, 2.45) is 12.5 Å². The van der Waals surface area contributed by atoms with Crippen molar-refractivity contribution in [1.29, 1.82) is 0 Å². The monoisotopic (exact) mass is 388 g/mol. The van der Waals surface area contributed by atoms with Crippen molar-refractivity contribution in [2.45, 2.75) is 19.3 Å². The molecule has 5 rings (SSSR count). The number of carbonyl (C=O) groups excluding carboxylic acids is 2. The zero-order valence-electron chi connectivity index (χ0n) is 16.1. The fourth-order valence-electron chi connectivity index (χ4n) is 4.23. The Balaban J connectivity index is 1.45. The number of nitrogens with zero attached hydrogens (tertiary/aromatic N) is 5. The second-order valence-corrected chi connectivity index (χ2v) is 7.70. The normalized spacial score (nSPS) is 18.2. The molecule has 2 aliphatic heterocycles. The highest BCUT2D eigenvalue weighted by Gasteiger charge is 2.48. The standard InChI is InChI=1S/C21H20N6O2/c1-25-14-15(12-23-25)5-6-16-13-22-17-3-2-4-19(27(16)17)26-9-7-21(8-10-26)11-18(28)24-20(21)29/h2-4,12-14H,7-11H2,1H3,(H,24,28,29). The Kier molecular flexibility index (Phi) is 3.91. The van der Waals surface area contributed by atoms with Crippen molar-refractivity contribution in [2.75, 3.05) is 18.0 Å². The van der Waals surface area contributed by atoms with Gasteiger partial charge in [0, 0.05) is 32.8 Å². The zero-order chi connectivity index (χ0) is 20.0. The first-order valence-corrected chi connectivity index (χ1v) is 9.60. The van der Waals surface area contributed by atoms with Gasteiger partial charge in [0.25, 0.3) is 0 Å². The minimum absolute atomic E-state index is 0.119. The van der Waals surface area contributed by atoms with Crippen LogP contribution in [0.15, 0.2) is 36.8 Å². The second-order valence-electron chi connectivity index (χ2n) is 7.70. The molecule has 0 bridgehead atoms. The molecule has 3 aromatic heterocycles. The van der Waals surface area contributed by atoms with Crippen LogP contribution in [0.2, 0.25) is 0 Å². The largest absolute Gasteiger partial charge is 0.358 e. The van der Waals surface area contributed by atoms with Gasteiger partial charge in [-0.25, -0.2) is 4.98 Å². The number of anilines is 1. The number of carbonyl (C=O) groups is 2. The maximum absolute atomic E-state index is 12.3. The molecular formula is C21H20N6O2. The van der Waals surface area contributed by atoms with Gasteiger partial charge in [0.05, 0.1) is 23.4 Å². The van der Waals surface area contributed by atoms with Gasteiger partial charge in [-0.3, -0.25) is 24.0 Å². The number of imide groups is 1. The van der Waals surface area contributed by atoms with Crippen molar-refractivity contribution in [3.05, 3.63) is 48.0 Å². The van der Waals surface area contributed by atoms with Gasteiger partial charge in [0.1, 0.15) is 17.2 Å². The summed E-state index contributed by atoms with van der Waals surface area (Å²) in [7, 11) is 1.86. The maximum Gasteiger partial charge on any atom is 0.233 e. The summed E-state index contributed by atoms with van der Waals surface area (Å²) < 4.78 is 3.76. The van der Waals surface area contributed by atoms with Crippen LogP contribution in [0.3, 0.4) is 0 Å². The number of fused-ring (bicyclic) bond motifs is 1. The quantitative estimate of drug-likeness (QED) is 0.499. The Morgan fingerprint density at radius 2 is 1.97 bits per heavy atom. The van der Waals surface area contributed by atoms with Crippen molar-refractivity contribution in [3.8, 4) is 11.8 Å². The number of pyridine rings is 1. The predicted octanol–water partition coefficient (Wildman–Crippen LogP) is 1.10. The number of nitrogens with one attached hydrogen (secondary N) is 1. The third-order valence-corrected chi connectivity index (χ3v) is 5.83. The van der Waals surface area contributed by atoms with Crippen molar-refractivity contribution < 1.29 is 9.59 Å². The summed E-state index contributed by atoms with van der Waals surface area (Å²) in [6.45, 7) is 1.40. The van der Waals surface area contributed by atoms with Gasteiger partial charge in [0.2, 0.25) is 11.8 Å². The minimum atomic E-state index is -0.542. The highest BCUT2D eigenvalue weighted by atomic mass is 16.2. The van der Waals surface area contributed by atoms with E-state index in [2.05, 4.69) is 32.1 Å². The lowest BCUT2D eigenvalue weighted by atomic mass is 9.77. The number of aryl methyl sites for hydroxylation is 1. The Labute approximate surface area is 167 Å². The Bertz CT molecular complexity index is 1190. The van der Waals surface area contributed by atoms with Crippen molar-refractivity contribution in [3.63, 3.8) is 0 Å². The van der Waals surface area contributed by atoms with E-state index in [0.717, 1.165) is 22.7 Å². The first-order valence-electron chi connectivity index (χ1n) is 9.60. The molecule has 8 nitrogen and oxygen atoms in total. The van der Waals surface area contributed by atoms with E-state index in [1.54, 1.807) is 17.1 Å². The molecule has 8 heteroatoms. The average Bonchev–Trinajstić information content (AvgIpc) is 3.39. The molecule has 0 unspecified atom stereocenters. The van der Waals surface area contributed by atoms with E-state index in [1.165, 1.54) is 0 Å². The number of piperidine rings is 1. The summed E-state index contributed by atoms with van der Waals surface area (Å²) in [4.78, 5) is 30.7. The van der Waals surface area contributed by atoms with Gasteiger partial charge in [0.15, 0.2) is 0 Å². The zero-order valence-corrected chi connectivity index (χ0v) is 16.1. The summed E-state index contributed by atoms with van der Waals surface area (Å²) in [5, 5.41) is 6.61. The number of aromatic nitrogens is 4. The summed E-state index contributed by atoms with van der Waals surface area (Å²) >= 11 is 0. The Hall–Kier alpha value is -3.60. The summed E-state index contributed by atoms with van der Waals surface area (Å²) in [6, 6.07) is 5.97. The van der Waals surface area contributed by atoms with Gasteiger partial charge >= 0.3 is 0 Å². The molecule has 2 aliphatic rings. The summed E-state index contributed by atoms with van der Waals surface area (Å²) in [5.74, 6) is 7.05. The van der Waals surface area contributed by atoms with Gasteiger partial charge in [-0.1, -0.05) is 12.0 Å². The van der Waals surface area contributed by atoms with E-state index in [1.807, 2.05) is 35.8 Å². The number of hydrogen-bond acceptors (Lipinski definition) is 5. The Morgan fingerprint density at radius 1 is 1.14 bits per heavy atom. The van der Waals surface area contributed by atoms with Gasteiger partial charge in [-0.15, -0.1) is 0 Å². The molecule has 2 saturated heterocycles. The van der Waals surface area contributed by atoms with Crippen LogP contribution < -0.4 is 10.2 Å². The first kappa shape index (κ1) is 17.5. The van der Waals surface area contributed by atoms with Crippen LogP contribution in [-0.2, 0) is 16.6 Å². The molecule has 2 amide bonds. The molecule has 5 heterocycles. The summed E-state index contributed by atoms with van der Waals surface area (Å²) in [6.07, 6.45) is 7.00. The van der Waals surface area contributed by atoms with Crippen LogP contribution in [0.5, 0.6) is 0 Å². The lowest BCUT2D eigenvalue weighted by Gasteiger charge is -2.38. The van der Waals surface area contributed by atoms with Crippen LogP contribution >= 0.6 is 0 Å². The number of amides is 2. The summed E-state index contributed by atoms with van der Waals surface area (Å²) in [5.41, 5.74) is 1.93. The first-order chi connectivity index (χ1) is 14.0. The van der Waals surface area contributed by atoms with Crippen LogP contribution in [0.1, 0.15) is 30.5 Å². The van der Waals surface area contributed by atoms with E-state index in [9.17, 15) is 9.59 Å². The van der Waals surface area contributed by atoms with Crippen LogP contribution in [-0.4, -0.2) is 44.1 Å². The smallest absolute Gasteiger partial charge is 0.233 e. The molecule has 1 spiro atoms. The lowest BCUT2D eigenvalue weighted by molar-refractivity contribution is -0.129. The molecule has 1 N–H and O–H groups in total. The van der Waals surface area contributed by atoms with E-state index >= 15 is 0 Å². The molecule has 3 aromatic rings. The fraction of sp³-hybridized carbons (Fsp3) is 0.333. The number of hydrogen-bond donors (Lipinski definition) is 1. The molecular weight excluding hydrogens is 368 g/mol. The predicted molar refractivity (Wildman–Crippen MR) is 106 cm³/mol. The van der Waals surface area contributed by atoms with Crippen LogP contribution in [0.25, 0.3) is 5.65 Å². The van der Waals surface area contributed by atoms with E-state index < -0.39 is 5.41 Å². The third kappa shape index (κ3) is 2.95. The van der Waals surface area contributed by atoms with Gasteiger partial charge in [-0.05, 0) is 30.9 Å². The molecule has 0 saturated carbocycles. The number of rotatable bonds is 1. The highest BCUT2D eigenvalue weighted by Crippen LogP contribution is 2.39. The second kappa shape index (κ2) is 6.48. The highest BCUT2D eigenvalue weighted by molar-refractivity contribution is 6.06. The van der Waals surface area contributed by atoms with Crippen LogP contribution in [0, 0.1) is 17.3 Å². The molecule has 0 aromatic carbocycles. The van der Waals surface area contributed by atoms with Gasteiger partial charge in [-0.2, -0.15) is 5.10 Å². The molecule has 0 aliphatic carbocycles. The molecule has 29 heavy (non-hydrogen) atoms. The molecule has 0 atom stereocenters.